The molecule has 10 heteroatoms. The predicted octanol–water partition coefficient (Wildman–Crippen LogP) is 3.34. The fraction of sp³-hybridized carbons (Fsp3) is 0.300. The number of halogens is 1. The number of hydrogen-bond donors (Lipinski definition) is 2. The lowest BCUT2D eigenvalue weighted by molar-refractivity contribution is -0.117. The van der Waals surface area contributed by atoms with Crippen molar-refractivity contribution in [2.45, 2.75) is 30.7 Å². The van der Waals surface area contributed by atoms with Crippen molar-refractivity contribution in [3.63, 3.8) is 0 Å². The Kier molecular flexibility index (Phi) is 5.72. The van der Waals surface area contributed by atoms with Crippen LogP contribution in [0.15, 0.2) is 47.4 Å². The van der Waals surface area contributed by atoms with Crippen molar-refractivity contribution in [3.05, 3.63) is 48.3 Å². The second kappa shape index (κ2) is 8.29. The molecule has 30 heavy (non-hydrogen) atoms. The van der Waals surface area contributed by atoms with Crippen molar-refractivity contribution < 1.29 is 17.6 Å². The van der Waals surface area contributed by atoms with Crippen LogP contribution in [-0.4, -0.2) is 38.4 Å². The first kappa shape index (κ1) is 20.7. The van der Waals surface area contributed by atoms with Gasteiger partial charge in [0, 0.05) is 18.8 Å². The van der Waals surface area contributed by atoms with Crippen molar-refractivity contribution in [2.75, 3.05) is 23.3 Å². The lowest BCUT2D eigenvalue weighted by Crippen LogP contribution is -2.41. The van der Waals surface area contributed by atoms with E-state index in [1.807, 2.05) is 12.1 Å². The highest BCUT2D eigenvalue weighted by atomic mass is 32.2. The SMILES string of the molecule is C[C@H](NS(=O)(=O)c1ccccc1F)C(=O)Nc1ccc2nc(N3CCCC3)sc2c1. The van der Waals surface area contributed by atoms with Crippen LogP contribution in [0.5, 0.6) is 0 Å². The number of rotatable bonds is 6. The van der Waals surface area contributed by atoms with Crippen LogP contribution in [0.25, 0.3) is 10.2 Å². The number of hydrogen-bond acceptors (Lipinski definition) is 6. The van der Waals surface area contributed by atoms with Crippen LogP contribution in [0, 0.1) is 5.82 Å². The molecule has 1 fully saturated rings. The van der Waals surface area contributed by atoms with E-state index in [2.05, 4.69) is 19.9 Å². The fourth-order valence-corrected chi connectivity index (χ4v) is 5.64. The third-order valence-corrected chi connectivity index (χ3v) is 7.53. The minimum atomic E-state index is -4.17. The molecule has 1 saturated heterocycles. The van der Waals surface area contributed by atoms with Crippen LogP contribution in [0.2, 0.25) is 0 Å². The molecule has 1 aliphatic heterocycles. The summed E-state index contributed by atoms with van der Waals surface area (Å²) in [7, 11) is -4.17. The average Bonchev–Trinajstić information content (AvgIpc) is 3.37. The molecule has 2 heterocycles. The summed E-state index contributed by atoms with van der Waals surface area (Å²) in [5.74, 6) is -1.42. The molecule has 0 saturated carbocycles. The van der Waals surface area contributed by atoms with Crippen molar-refractivity contribution in [1.82, 2.24) is 9.71 Å². The standard InChI is InChI=1S/C20H21FN4O3S2/c1-13(24-30(27,28)18-7-3-2-6-15(18)21)19(26)22-14-8-9-16-17(12-14)29-20(23-16)25-10-4-5-11-25/h2-3,6-9,12-13,24H,4-5,10-11H2,1H3,(H,22,26)/t13-/m0/s1. The van der Waals surface area contributed by atoms with Gasteiger partial charge in [-0.25, -0.2) is 17.8 Å². The van der Waals surface area contributed by atoms with Gasteiger partial charge in [0.25, 0.3) is 0 Å². The summed E-state index contributed by atoms with van der Waals surface area (Å²) in [4.78, 5) is 18.9. The zero-order valence-corrected chi connectivity index (χ0v) is 17.9. The fourth-order valence-electron chi connectivity index (χ4n) is 3.30. The number of fused-ring (bicyclic) bond motifs is 1. The van der Waals surface area contributed by atoms with Gasteiger partial charge >= 0.3 is 0 Å². The second-order valence-electron chi connectivity index (χ2n) is 7.14. The zero-order valence-electron chi connectivity index (χ0n) is 16.3. The second-order valence-corrected chi connectivity index (χ2v) is 9.83. The Labute approximate surface area is 178 Å². The van der Waals surface area contributed by atoms with Gasteiger partial charge in [0.1, 0.15) is 10.7 Å². The first-order chi connectivity index (χ1) is 14.3. The predicted molar refractivity (Wildman–Crippen MR) is 116 cm³/mol. The molecular formula is C20H21FN4O3S2. The van der Waals surface area contributed by atoms with Gasteiger partial charge < -0.3 is 10.2 Å². The first-order valence-electron chi connectivity index (χ1n) is 9.57. The Balaban J connectivity index is 1.46. The normalized spacial score (nSPS) is 15.5. The molecule has 1 aliphatic rings. The zero-order chi connectivity index (χ0) is 21.3. The largest absolute Gasteiger partial charge is 0.348 e. The molecule has 1 atom stereocenters. The van der Waals surface area contributed by atoms with Gasteiger partial charge in [-0.3, -0.25) is 4.79 Å². The number of amides is 1. The molecule has 0 aliphatic carbocycles. The summed E-state index contributed by atoms with van der Waals surface area (Å²) < 4.78 is 41.7. The van der Waals surface area contributed by atoms with Gasteiger partial charge in [-0.05, 0) is 50.1 Å². The van der Waals surface area contributed by atoms with E-state index < -0.39 is 32.7 Å². The van der Waals surface area contributed by atoms with E-state index >= 15 is 0 Å². The molecular weight excluding hydrogens is 427 g/mol. The van der Waals surface area contributed by atoms with Crippen LogP contribution in [0.4, 0.5) is 15.2 Å². The van der Waals surface area contributed by atoms with Gasteiger partial charge in [-0.2, -0.15) is 4.72 Å². The van der Waals surface area contributed by atoms with Crippen LogP contribution < -0.4 is 14.9 Å². The topological polar surface area (TPSA) is 91.4 Å². The van der Waals surface area contributed by atoms with Gasteiger partial charge in [0.05, 0.1) is 16.3 Å². The van der Waals surface area contributed by atoms with Gasteiger partial charge in [-0.1, -0.05) is 23.5 Å². The van der Waals surface area contributed by atoms with E-state index in [1.165, 1.54) is 19.1 Å². The highest BCUT2D eigenvalue weighted by Crippen LogP contribution is 2.32. The Hall–Kier alpha value is -2.56. The number of sulfonamides is 1. The van der Waals surface area contributed by atoms with Crippen LogP contribution in [0.3, 0.4) is 0 Å². The summed E-state index contributed by atoms with van der Waals surface area (Å²) in [5.41, 5.74) is 1.40. The van der Waals surface area contributed by atoms with E-state index in [-0.39, 0.29) is 0 Å². The lowest BCUT2D eigenvalue weighted by Gasteiger charge is -2.15. The third-order valence-electron chi connectivity index (χ3n) is 4.87. The Morgan fingerprint density at radius 2 is 1.93 bits per heavy atom. The molecule has 0 unspecified atom stereocenters. The highest BCUT2D eigenvalue weighted by Gasteiger charge is 2.24. The molecule has 0 bridgehead atoms. The lowest BCUT2D eigenvalue weighted by atomic mass is 10.2. The molecule has 2 aromatic carbocycles. The summed E-state index contributed by atoms with van der Waals surface area (Å²) in [6, 6.07) is 9.31. The molecule has 3 aromatic rings. The van der Waals surface area contributed by atoms with Crippen molar-refractivity contribution in [3.8, 4) is 0 Å². The van der Waals surface area contributed by atoms with E-state index in [9.17, 15) is 17.6 Å². The summed E-state index contributed by atoms with van der Waals surface area (Å²) in [5, 5.41) is 3.68. The maximum Gasteiger partial charge on any atom is 0.244 e. The minimum absolute atomic E-state index is 0.495. The first-order valence-corrected chi connectivity index (χ1v) is 11.9. The van der Waals surface area contributed by atoms with Crippen molar-refractivity contribution in [2.24, 2.45) is 0 Å². The van der Waals surface area contributed by atoms with E-state index in [1.54, 1.807) is 17.4 Å². The molecule has 158 valence electrons. The number of carbonyl (C=O) groups excluding carboxylic acids is 1. The van der Waals surface area contributed by atoms with E-state index in [4.69, 9.17) is 0 Å². The Morgan fingerprint density at radius 1 is 1.20 bits per heavy atom. The molecule has 7 nitrogen and oxygen atoms in total. The number of aromatic nitrogens is 1. The monoisotopic (exact) mass is 448 g/mol. The van der Waals surface area contributed by atoms with Crippen molar-refractivity contribution in [1.29, 1.82) is 0 Å². The Bertz CT molecular complexity index is 1190. The molecule has 1 aromatic heterocycles. The quantitative estimate of drug-likeness (QED) is 0.604. The maximum absolute atomic E-state index is 13.8. The van der Waals surface area contributed by atoms with Gasteiger partial charge in [0.2, 0.25) is 15.9 Å². The van der Waals surface area contributed by atoms with Crippen LogP contribution in [-0.2, 0) is 14.8 Å². The van der Waals surface area contributed by atoms with Crippen LogP contribution >= 0.6 is 11.3 Å². The number of benzene rings is 2. The molecule has 0 radical (unpaired) electrons. The molecule has 1 amide bonds. The third kappa shape index (κ3) is 4.30. The number of anilines is 2. The van der Waals surface area contributed by atoms with Gasteiger partial charge in [0.15, 0.2) is 5.13 Å². The smallest absolute Gasteiger partial charge is 0.244 e. The summed E-state index contributed by atoms with van der Waals surface area (Å²) >= 11 is 1.56. The number of nitrogens with one attached hydrogen (secondary N) is 2. The number of thiazole rings is 1. The molecule has 2 N–H and O–H groups in total. The highest BCUT2D eigenvalue weighted by molar-refractivity contribution is 7.89. The molecule has 0 spiro atoms. The average molecular weight is 449 g/mol. The van der Waals surface area contributed by atoms with E-state index in [0.29, 0.717) is 5.69 Å². The maximum atomic E-state index is 13.8. The van der Waals surface area contributed by atoms with Gasteiger partial charge in [-0.15, -0.1) is 0 Å². The summed E-state index contributed by atoms with van der Waals surface area (Å²) in [6.45, 7) is 3.41. The molecule has 4 rings (SSSR count). The van der Waals surface area contributed by atoms with E-state index in [0.717, 1.165) is 53.4 Å². The summed E-state index contributed by atoms with van der Waals surface area (Å²) in [6.07, 6.45) is 2.33. The Morgan fingerprint density at radius 3 is 2.67 bits per heavy atom. The number of nitrogens with zero attached hydrogens (tertiary/aromatic N) is 2. The van der Waals surface area contributed by atoms with Crippen molar-refractivity contribution >= 4 is 48.3 Å². The van der Waals surface area contributed by atoms with Crippen LogP contribution in [0.1, 0.15) is 19.8 Å². The minimum Gasteiger partial charge on any atom is -0.348 e. The number of carbonyl (C=O) groups is 1.